The van der Waals surface area contributed by atoms with E-state index in [-0.39, 0.29) is 23.6 Å². The van der Waals surface area contributed by atoms with E-state index in [1.165, 1.54) is 11.6 Å². The molecule has 2 heterocycles. The molecule has 0 spiro atoms. The van der Waals surface area contributed by atoms with Crippen LogP contribution in [0, 0.1) is 11.7 Å². The van der Waals surface area contributed by atoms with Crippen molar-refractivity contribution in [2.24, 2.45) is 5.92 Å². The zero-order valence-corrected chi connectivity index (χ0v) is 25.0. The second-order valence-electron chi connectivity index (χ2n) is 11.9. The Kier molecular flexibility index (Phi) is 8.57. The van der Waals surface area contributed by atoms with Crippen molar-refractivity contribution in [2.45, 2.75) is 63.5 Å². The first kappa shape index (κ1) is 28.5. The molecule has 2 aliphatic heterocycles. The van der Waals surface area contributed by atoms with Crippen molar-refractivity contribution in [1.29, 1.82) is 0 Å². The summed E-state index contributed by atoms with van der Waals surface area (Å²) in [7, 11) is 0. The Morgan fingerprint density at radius 1 is 0.927 bits per heavy atom. The Morgan fingerprint density at radius 2 is 1.63 bits per heavy atom. The predicted molar refractivity (Wildman–Crippen MR) is 163 cm³/mol. The number of piperidine rings is 1. The number of hydrogen-bond donors (Lipinski definition) is 0. The van der Waals surface area contributed by atoms with Crippen LogP contribution in [0.2, 0.25) is 10.0 Å². The highest BCUT2D eigenvalue weighted by Gasteiger charge is 2.33. The standard InChI is InChI=1S/C34H37Cl2FN2O2/c1-22-6-5-13-39(22)34(40)30-19-29(24-9-10-24)32(20-31(30)37)41-21-23-11-14-38(15-12-23)33(25-7-3-2-4-8-25)26-16-27(35)18-28(36)17-26/h2-4,7-8,16-20,22-24,33H,5-6,9-15,21H2,1H3/t22-,33?/m1/s1. The lowest BCUT2D eigenvalue weighted by atomic mass is 9.91. The van der Waals surface area contributed by atoms with Crippen molar-refractivity contribution >= 4 is 29.1 Å². The van der Waals surface area contributed by atoms with Gasteiger partial charge in [-0.1, -0.05) is 53.5 Å². The minimum Gasteiger partial charge on any atom is -0.493 e. The molecule has 3 aromatic rings. The van der Waals surface area contributed by atoms with Crippen LogP contribution in [-0.4, -0.2) is 48.0 Å². The molecule has 0 N–H and O–H groups in total. The number of carbonyl (C=O) groups excluding carboxylic acids is 1. The van der Waals surface area contributed by atoms with Gasteiger partial charge in [0.2, 0.25) is 0 Å². The summed E-state index contributed by atoms with van der Waals surface area (Å²) < 4.78 is 21.6. The molecule has 1 aliphatic carbocycles. The summed E-state index contributed by atoms with van der Waals surface area (Å²) in [4.78, 5) is 17.4. The largest absolute Gasteiger partial charge is 0.493 e. The van der Waals surface area contributed by atoms with Crippen molar-refractivity contribution in [3.05, 3.63) is 98.8 Å². The van der Waals surface area contributed by atoms with Gasteiger partial charge in [-0.15, -0.1) is 0 Å². The molecule has 4 nitrogen and oxygen atoms in total. The van der Waals surface area contributed by atoms with Crippen molar-refractivity contribution in [3.63, 3.8) is 0 Å². The normalized spacial score (nSPS) is 20.8. The van der Waals surface area contributed by atoms with Crippen molar-refractivity contribution in [2.75, 3.05) is 26.2 Å². The van der Waals surface area contributed by atoms with Crippen molar-refractivity contribution < 1.29 is 13.9 Å². The lowest BCUT2D eigenvalue weighted by molar-refractivity contribution is 0.0742. The van der Waals surface area contributed by atoms with E-state index in [1.54, 1.807) is 12.1 Å². The summed E-state index contributed by atoms with van der Waals surface area (Å²) in [6, 6.07) is 19.7. The van der Waals surface area contributed by atoms with E-state index >= 15 is 4.39 Å². The third-order valence-electron chi connectivity index (χ3n) is 8.97. The molecule has 7 heteroatoms. The zero-order chi connectivity index (χ0) is 28.5. The average Bonchev–Trinajstić information content (AvgIpc) is 3.72. The molecule has 3 fully saturated rings. The van der Waals surface area contributed by atoms with E-state index in [0.717, 1.165) is 62.7 Å². The van der Waals surface area contributed by atoms with Gasteiger partial charge < -0.3 is 9.64 Å². The Balaban J connectivity index is 1.13. The lowest BCUT2D eigenvalue weighted by Gasteiger charge is -2.38. The van der Waals surface area contributed by atoms with Crippen molar-refractivity contribution in [1.82, 2.24) is 9.80 Å². The average molecular weight is 596 g/mol. The number of rotatable bonds is 8. The van der Waals surface area contributed by atoms with E-state index in [4.69, 9.17) is 27.9 Å². The number of halogens is 3. The first-order chi connectivity index (χ1) is 19.9. The van der Waals surface area contributed by atoms with E-state index in [9.17, 15) is 4.79 Å². The van der Waals surface area contributed by atoms with Gasteiger partial charge in [0.25, 0.3) is 5.91 Å². The van der Waals surface area contributed by atoms with Crippen LogP contribution in [0.5, 0.6) is 5.75 Å². The molecule has 0 bridgehead atoms. The Hall–Kier alpha value is -2.60. The fraction of sp³-hybridized carbons (Fsp3) is 0.441. The molecule has 0 radical (unpaired) electrons. The molecule has 216 valence electrons. The molecule has 1 amide bonds. The molecule has 1 unspecified atom stereocenters. The summed E-state index contributed by atoms with van der Waals surface area (Å²) >= 11 is 12.8. The number of ether oxygens (including phenoxy) is 1. The van der Waals surface area contributed by atoms with Crippen LogP contribution >= 0.6 is 23.2 Å². The molecule has 2 saturated heterocycles. The Morgan fingerprint density at radius 3 is 2.27 bits per heavy atom. The number of hydrogen-bond acceptors (Lipinski definition) is 3. The van der Waals surface area contributed by atoms with Crippen LogP contribution in [0.1, 0.15) is 84.5 Å². The van der Waals surface area contributed by atoms with E-state index < -0.39 is 5.82 Å². The Labute approximate surface area is 252 Å². The zero-order valence-electron chi connectivity index (χ0n) is 23.5. The van der Waals surface area contributed by atoms with E-state index in [2.05, 4.69) is 29.2 Å². The quantitative estimate of drug-likeness (QED) is 0.262. The molecular weight excluding hydrogens is 558 g/mol. The number of amides is 1. The highest BCUT2D eigenvalue weighted by molar-refractivity contribution is 6.34. The first-order valence-electron chi connectivity index (χ1n) is 14.9. The van der Waals surface area contributed by atoms with Gasteiger partial charge in [-0.05, 0) is 111 Å². The third kappa shape index (κ3) is 6.43. The fourth-order valence-corrected chi connectivity index (χ4v) is 7.07. The smallest absolute Gasteiger partial charge is 0.257 e. The van der Waals surface area contributed by atoms with Gasteiger partial charge in [0.1, 0.15) is 11.6 Å². The minimum atomic E-state index is -0.478. The van der Waals surface area contributed by atoms with E-state index in [1.807, 2.05) is 30.0 Å². The van der Waals surface area contributed by atoms with Crippen LogP contribution in [0.15, 0.2) is 60.7 Å². The summed E-state index contributed by atoms with van der Waals surface area (Å²) in [5.41, 5.74) is 3.48. The van der Waals surface area contributed by atoms with Gasteiger partial charge in [0.05, 0.1) is 18.2 Å². The molecule has 6 rings (SSSR count). The highest BCUT2D eigenvalue weighted by Crippen LogP contribution is 2.45. The van der Waals surface area contributed by atoms with Crippen LogP contribution in [0.25, 0.3) is 0 Å². The van der Waals surface area contributed by atoms with Crippen LogP contribution < -0.4 is 4.74 Å². The number of likely N-dealkylation sites (tertiary alicyclic amines) is 2. The molecule has 0 aromatic heterocycles. The molecule has 1 saturated carbocycles. The molecule has 41 heavy (non-hydrogen) atoms. The topological polar surface area (TPSA) is 32.8 Å². The van der Waals surface area contributed by atoms with Crippen LogP contribution in [-0.2, 0) is 0 Å². The molecule has 3 aliphatic rings. The number of carbonyl (C=O) groups is 1. The minimum absolute atomic E-state index is 0.0632. The van der Waals surface area contributed by atoms with Gasteiger partial charge in [0.15, 0.2) is 0 Å². The number of benzene rings is 3. The van der Waals surface area contributed by atoms with Crippen LogP contribution in [0.4, 0.5) is 4.39 Å². The van der Waals surface area contributed by atoms with E-state index in [0.29, 0.717) is 40.8 Å². The van der Waals surface area contributed by atoms with Gasteiger partial charge in [-0.25, -0.2) is 4.39 Å². The van der Waals surface area contributed by atoms with Crippen LogP contribution in [0.3, 0.4) is 0 Å². The maximum atomic E-state index is 15.3. The van der Waals surface area contributed by atoms with Gasteiger partial charge in [-0.2, -0.15) is 0 Å². The first-order valence-corrected chi connectivity index (χ1v) is 15.6. The second kappa shape index (κ2) is 12.3. The van der Waals surface area contributed by atoms with Gasteiger partial charge in [-0.3, -0.25) is 9.69 Å². The summed E-state index contributed by atoms with van der Waals surface area (Å²) in [6.45, 7) is 5.10. The SMILES string of the molecule is C[C@@H]1CCCN1C(=O)c1cc(C2CC2)c(OCC2CCN(C(c3ccccc3)c3cc(Cl)cc(Cl)c3)CC2)cc1F. The monoisotopic (exact) mass is 594 g/mol. The predicted octanol–water partition coefficient (Wildman–Crippen LogP) is 8.51. The maximum absolute atomic E-state index is 15.3. The molecular formula is C34H37Cl2FN2O2. The summed E-state index contributed by atoms with van der Waals surface area (Å²) in [5.74, 6) is 0.657. The number of nitrogens with zero attached hydrogens (tertiary/aromatic N) is 2. The maximum Gasteiger partial charge on any atom is 0.257 e. The van der Waals surface area contributed by atoms with Gasteiger partial charge in [0, 0.05) is 28.7 Å². The summed E-state index contributed by atoms with van der Waals surface area (Å²) in [6.07, 6.45) is 6.01. The van der Waals surface area contributed by atoms with Gasteiger partial charge >= 0.3 is 0 Å². The van der Waals surface area contributed by atoms with Crippen molar-refractivity contribution in [3.8, 4) is 5.75 Å². The fourth-order valence-electron chi connectivity index (χ4n) is 6.53. The summed E-state index contributed by atoms with van der Waals surface area (Å²) in [5, 5.41) is 1.27. The second-order valence-corrected chi connectivity index (χ2v) is 12.8. The Bertz CT molecular complexity index is 1370. The molecule has 3 aromatic carbocycles. The lowest BCUT2D eigenvalue weighted by Crippen LogP contribution is -2.38. The molecule has 2 atom stereocenters. The third-order valence-corrected chi connectivity index (χ3v) is 9.40. The highest BCUT2D eigenvalue weighted by atomic mass is 35.5.